The average Bonchev–Trinajstić information content (AvgIpc) is 2.89. The van der Waals surface area contributed by atoms with Crippen LogP contribution < -0.4 is 0 Å². The normalized spacial score (nSPS) is 14.7. The van der Waals surface area contributed by atoms with Gasteiger partial charge in [0.2, 0.25) is 0 Å². The molecule has 0 aromatic rings. The smallest absolute Gasteiger partial charge is 0.388 e. The third-order valence-corrected chi connectivity index (χ3v) is 8.04. The summed E-state index contributed by atoms with van der Waals surface area (Å²) in [4.78, 5) is 9.67. The topological polar surface area (TPSA) is 85.2 Å². The van der Waals surface area contributed by atoms with Crippen LogP contribution in [0.15, 0.2) is 12.2 Å². The molecule has 0 bridgehead atoms. The van der Waals surface area contributed by atoms with Crippen molar-refractivity contribution in [2.45, 2.75) is 141 Å². The number of likely N-dealkylation sites (N-methyl/N-ethyl adjacent to an activating group) is 1. The molecule has 0 aromatic carbocycles. The number of rotatable bonds is 31. The first-order valence-electron chi connectivity index (χ1n) is 16.5. The fourth-order valence-corrected chi connectivity index (χ4v) is 5.17. The highest BCUT2D eigenvalue weighted by molar-refractivity contribution is 7.47. The van der Waals surface area contributed by atoms with Gasteiger partial charge >= 0.3 is 7.82 Å². The molecule has 0 heterocycles. The fraction of sp³-hybridized carbons (Fsp3) is 0.938. The molecule has 2 N–H and O–H groups in total. The second kappa shape index (κ2) is 27.6. The molecule has 0 rings (SSSR count). The zero-order valence-electron chi connectivity index (χ0n) is 26.8. The van der Waals surface area contributed by atoms with Crippen LogP contribution in [0.3, 0.4) is 0 Å². The highest BCUT2D eigenvalue weighted by Gasteiger charge is 2.24. The van der Waals surface area contributed by atoms with Crippen molar-refractivity contribution in [3.05, 3.63) is 12.2 Å². The number of nitrogens with zero attached hydrogens (tertiary/aromatic N) is 1. The van der Waals surface area contributed by atoms with Crippen molar-refractivity contribution in [3.63, 3.8) is 0 Å². The van der Waals surface area contributed by atoms with Crippen LogP contribution in [0, 0.1) is 0 Å². The molecule has 0 radical (unpaired) electrons. The number of aliphatic hydroxyl groups is 1. The summed E-state index contributed by atoms with van der Waals surface area (Å²) in [6, 6.07) is 0. The number of hydrogen-bond acceptors (Lipinski definition) is 5. The molecule has 0 aliphatic rings. The van der Waals surface area contributed by atoms with Gasteiger partial charge in [0.15, 0.2) is 0 Å². The molecular formula is C32H67NO6P+. The largest absolute Gasteiger partial charge is 0.472 e. The van der Waals surface area contributed by atoms with Gasteiger partial charge in [-0.1, -0.05) is 115 Å². The van der Waals surface area contributed by atoms with E-state index in [9.17, 15) is 14.6 Å². The van der Waals surface area contributed by atoms with Crippen molar-refractivity contribution >= 4 is 7.82 Å². The molecule has 0 saturated carbocycles. The third-order valence-electron chi connectivity index (χ3n) is 7.06. The second-order valence-electron chi connectivity index (χ2n) is 12.4. The van der Waals surface area contributed by atoms with Crippen LogP contribution in [-0.4, -0.2) is 74.7 Å². The summed E-state index contributed by atoms with van der Waals surface area (Å²) >= 11 is 0. The van der Waals surface area contributed by atoms with E-state index in [1.165, 1.54) is 116 Å². The van der Waals surface area contributed by atoms with Gasteiger partial charge in [-0.3, -0.25) is 9.05 Å². The number of aliphatic hydroxyl groups excluding tert-OH is 1. The number of ether oxygens (including phenoxy) is 1. The first-order chi connectivity index (χ1) is 19.2. The Hall–Kier alpha value is -0.270. The second-order valence-corrected chi connectivity index (χ2v) is 13.9. The molecule has 40 heavy (non-hydrogen) atoms. The summed E-state index contributed by atoms with van der Waals surface area (Å²) in [6.07, 6.45) is 30.2. The van der Waals surface area contributed by atoms with Crippen LogP contribution in [0.2, 0.25) is 0 Å². The lowest BCUT2D eigenvalue weighted by molar-refractivity contribution is -0.870. The van der Waals surface area contributed by atoms with E-state index in [4.69, 9.17) is 13.8 Å². The van der Waals surface area contributed by atoms with Crippen molar-refractivity contribution in [2.75, 3.05) is 54.1 Å². The number of hydrogen-bond donors (Lipinski definition) is 2. The predicted molar refractivity (Wildman–Crippen MR) is 169 cm³/mol. The maximum atomic E-state index is 11.8. The summed E-state index contributed by atoms with van der Waals surface area (Å²) in [5, 5.41) is 9.90. The van der Waals surface area contributed by atoms with Crippen LogP contribution >= 0.6 is 7.82 Å². The molecule has 0 spiro atoms. The predicted octanol–water partition coefficient (Wildman–Crippen LogP) is 8.58. The fourth-order valence-electron chi connectivity index (χ4n) is 4.43. The van der Waals surface area contributed by atoms with Crippen LogP contribution in [0.5, 0.6) is 0 Å². The SMILES string of the molecule is CCCCCCCCCC/C=C\CCCCCCCCCCCCOCC(O)COP(=O)(O)OCC[N+](C)(C)C. The molecule has 7 nitrogen and oxygen atoms in total. The van der Waals surface area contributed by atoms with Crippen LogP contribution in [0.4, 0.5) is 0 Å². The molecule has 0 aromatic heterocycles. The van der Waals surface area contributed by atoms with Crippen LogP contribution in [0.25, 0.3) is 0 Å². The van der Waals surface area contributed by atoms with Crippen molar-refractivity contribution in [3.8, 4) is 0 Å². The van der Waals surface area contributed by atoms with Gasteiger partial charge in [-0.25, -0.2) is 4.57 Å². The molecule has 240 valence electrons. The Bertz CT molecular complexity index is 611. The summed E-state index contributed by atoms with van der Waals surface area (Å²) in [5.74, 6) is 0. The van der Waals surface area contributed by atoms with E-state index >= 15 is 0 Å². The summed E-state index contributed by atoms with van der Waals surface area (Å²) in [6.45, 7) is 3.36. The van der Waals surface area contributed by atoms with E-state index in [-0.39, 0.29) is 19.8 Å². The van der Waals surface area contributed by atoms with E-state index < -0.39 is 13.9 Å². The highest BCUT2D eigenvalue weighted by Crippen LogP contribution is 2.43. The van der Waals surface area contributed by atoms with Crippen LogP contribution in [-0.2, 0) is 18.3 Å². The molecule has 0 saturated heterocycles. The molecule has 0 amide bonds. The van der Waals surface area contributed by atoms with Crippen molar-refractivity contribution in [2.24, 2.45) is 0 Å². The Balaban J connectivity index is 3.34. The quantitative estimate of drug-likeness (QED) is 0.0363. The molecule has 0 aliphatic carbocycles. The van der Waals surface area contributed by atoms with Crippen molar-refractivity contribution < 1.29 is 32.8 Å². The zero-order valence-corrected chi connectivity index (χ0v) is 27.7. The monoisotopic (exact) mass is 592 g/mol. The maximum absolute atomic E-state index is 11.8. The third kappa shape index (κ3) is 32.2. The zero-order chi connectivity index (χ0) is 29.8. The van der Waals surface area contributed by atoms with E-state index in [2.05, 4.69) is 19.1 Å². The van der Waals surface area contributed by atoms with E-state index in [0.29, 0.717) is 17.6 Å². The minimum atomic E-state index is -4.14. The lowest BCUT2D eigenvalue weighted by Crippen LogP contribution is -2.37. The Morgan fingerprint density at radius 3 is 1.57 bits per heavy atom. The lowest BCUT2D eigenvalue weighted by Gasteiger charge is -2.24. The van der Waals surface area contributed by atoms with Gasteiger partial charge in [-0.2, -0.15) is 0 Å². The van der Waals surface area contributed by atoms with Crippen molar-refractivity contribution in [1.29, 1.82) is 0 Å². The van der Waals surface area contributed by atoms with Crippen LogP contribution in [0.1, 0.15) is 135 Å². The van der Waals surface area contributed by atoms with E-state index in [1.54, 1.807) is 0 Å². The minimum Gasteiger partial charge on any atom is -0.388 e. The van der Waals surface area contributed by atoms with Gasteiger partial charge in [0.25, 0.3) is 0 Å². The molecule has 8 heteroatoms. The number of phosphoric ester groups is 1. The van der Waals surface area contributed by atoms with E-state index in [0.717, 1.165) is 12.8 Å². The number of phosphoric acid groups is 1. The Labute approximate surface area is 248 Å². The van der Waals surface area contributed by atoms with Gasteiger partial charge in [-0.05, 0) is 32.1 Å². The van der Waals surface area contributed by atoms with Gasteiger partial charge in [0, 0.05) is 6.61 Å². The standard InChI is InChI=1S/C32H66NO6P/c1-5-6-7-8-9-10-11-12-13-14-15-16-17-18-19-20-21-22-23-24-25-26-28-37-30-32(34)31-39-40(35,36)38-29-27-33(2,3)4/h14-15,32,34H,5-13,16-31H2,1-4H3/p+1/b15-14-. The molecular weight excluding hydrogens is 525 g/mol. The summed E-state index contributed by atoms with van der Waals surface area (Å²) in [7, 11) is 1.76. The molecule has 2 unspecified atom stereocenters. The highest BCUT2D eigenvalue weighted by atomic mass is 31.2. The minimum absolute atomic E-state index is 0.0912. The van der Waals surface area contributed by atoms with Crippen molar-refractivity contribution in [1.82, 2.24) is 0 Å². The van der Waals surface area contributed by atoms with E-state index in [1.807, 2.05) is 21.1 Å². The number of unbranched alkanes of at least 4 members (excludes halogenated alkanes) is 18. The molecule has 0 fully saturated rings. The van der Waals surface area contributed by atoms with Gasteiger partial charge < -0.3 is 19.2 Å². The Kier molecular flexibility index (Phi) is 27.4. The lowest BCUT2D eigenvalue weighted by atomic mass is 10.1. The first kappa shape index (κ1) is 39.7. The summed E-state index contributed by atoms with van der Waals surface area (Å²) in [5.41, 5.74) is 0. The number of allylic oxidation sites excluding steroid dienone is 2. The Morgan fingerprint density at radius 2 is 1.10 bits per heavy atom. The first-order valence-corrected chi connectivity index (χ1v) is 18.0. The summed E-state index contributed by atoms with van der Waals surface area (Å²) < 4.78 is 27.7. The van der Waals surface area contributed by atoms with Gasteiger partial charge in [0.1, 0.15) is 19.3 Å². The molecule has 2 atom stereocenters. The van der Waals surface area contributed by atoms with Gasteiger partial charge in [-0.15, -0.1) is 0 Å². The Morgan fingerprint density at radius 1 is 0.650 bits per heavy atom. The van der Waals surface area contributed by atoms with Gasteiger partial charge in [0.05, 0.1) is 34.4 Å². The average molecular weight is 593 g/mol. The maximum Gasteiger partial charge on any atom is 0.472 e. The molecule has 0 aliphatic heterocycles. The number of quaternary nitrogens is 1.